The summed E-state index contributed by atoms with van der Waals surface area (Å²) < 4.78 is 5.22. The zero-order valence-corrected chi connectivity index (χ0v) is 18.1. The van der Waals surface area contributed by atoms with Crippen molar-refractivity contribution in [1.29, 1.82) is 0 Å². The van der Waals surface area contributed by atoms with Gasteiger partial charge in [0.05, 0.1) is 19.8 Å². The topological polar surface area (TPSA) is 71.9 Å². The van der Waals surface area contributed by atoms with Crippen LogP contribution in [-0.2, 0) is 9.59 Å². The number of carbonyl (C=O) groups excluding carboxylic acids is 2. The van der Waals surface area contributed by atoms with Crippen LogP contribution in [-0.4, -0.2) is 39.1 Å². The summed E-state index contributed by atoms with van der Waals surface area (Å²) in [5.41, 5.74) is 2.51. The normalized spacial score (nSPS) is 12.7. The molecule has 0 fully saturated rings. The maximum atomic E-state index is 12.3. The molecule has 0 aliphatic heterocycles. The number of hydrogen-bond acceptors (Lipinski definition) is 3. The average molecular weight is 419 g/mol. The van der Waals surface area contributed by atoms with Crippen LogP contribution in [0.2, 0.25) is 5.02 Å². The minimum absolute atomic E-state index is 0.135. The van der Waals surface area contributed by atoms with Gasteiger partial charge in [0, 0.05) is 10.7 Å². The van der Waals surface area contributed by atoms with Crippen LogP contribution in [0.1, 0.15) is 31.7 Å². The van der Waals surface area contributed by atoms with E-state index in [0.29, 0.717) is 22.4 Å². The van der Waals surface area contributed by atoms with Crippen molar-refractivity contribution in [3.05, 3.63) is 53.1 Å². The van der Waals surface area contributed by atoms with E-state index in [4.69, 9.17) is 16.3 Å². The van der Waals surface area contributed by atoms with Gasteiger partial charge in [-0.3, -0.25) is 9.59 Å². The molecule has 2 atom stereocenters. The highest BCUT2D eigenvalue weighted by Gasteiger charge is 2.16. The van der Waals surface area contributed by atoms with E-state index in [1.807, 2.05) is 24.3 Å². The Bertz CT molecular complexity index is 840. The van der Waals surface area contributed by atoms with Crippen LogP contribution < -0.4 is 20.3 Å². The highest BCUT2D eigenvalue weighted by molar-refractivity contribution is 6.31. The zero-order chi connectivity index (χ0) is 21.4. The van der Waals surface area contributed by atoms with Crippen molar-refractivity contribution in [3.63, 3.8) is 0 Å². The van der Waals surface area contributed by atoms with Crippen molar-refractivity contribution in [1.82, 2.24) is 0 Å². The third-order valence-electron chi connectivity index (χ3n) is 4.74. The van der Waals surface area contributed by atoms with E-state index < -0.39 is 0 Å². The van der Waals surface area contributed by atoms with Crippen LogP contribution in [0.3, 0.4) is 0 Å². The number of amides is 2. The summed E-state index contributed by atoms with van der Waals surface area (Å²) in [7, 11) is 3.32. The Labute approximate surface area is 177 Å². The van der Waals surface area contributed by atoms with Crippen LogP contribution >= 0.6 is 11.6 Å². The number of halogens is 1. The largest absolute Gasteiger partial charge is 0.495 e. The van der Waals surface area contributed by atoms with Crippen molar-refractivity contribution >= 4 is 34.8 Å². The molecule has 0 saturated carbocycles. The van der Waals surface area contributed by atoms with E-state index >= 15 is 0 Å². The molecule has 0 spiro atoms. The summed E-state index contributed by atoms with van der Waals surface area (Å²) in [6.45, 7) is 4.64. The Hall–Kier alpha value is -2.57. The SMILES string of the molecule is CC[C@@H](C)c1ccc(NC(=O)C[NH+](C)CC(=O)Nc2cc(Cl)ccc2OC)cc1. The predicted octanol–water partition coefficient (Wildman–Crippen LogP) is 2.95. The summed E-state index contributed by atoms with van der Waals surface area (Å²) >= 11 is 5.98. The van der Waals surface area contributed by atoms with Crippen LogP contribution in [0.4, 0.5) is 11.4 Å². The van der Waals surface area contributed by atoms with E-state index in [9.17, 15) is 9.59 Å². The number of carbonyl (C=O) groups is 2. The Morgan fingerprint density at radius 1 is 1.07 bits per heavy atom. The zero-order valence-electron chi connectivity index (χ0n) is 17.3. The van der Waals surface area contributed by atoms with Gasteiger partial charge in [0.2, 0.25) is 0 Å². The van der Waals surface area contributed by atoms with Gasteiger partial charge in [0.25, 0.3) is 11.8 Å². The molecule has 0 aromatic heterocycles. The number of anilines is 2. The van der Waals surface area contributed by atoms with Crippen molar-refractivity contribution in [2.75, 3.05) is 37.9 Å². The molecule has 6 nitrogen and oxygen atoms in total. The van der Waals surface area contributed by atoms with E-state index in [-0.39, 0.29) is 24.9 Å². The van der Waals surface area contributed by atoms with Gasteiger partial charge in [-0.25, -0.2) is 0 Å². The summed E-state index contributed by atoms with van der Waals surface area (Å²) in [6.07, 6.45) is 1.07. The second-order valence-electron chi connectivity index (χ2n) is 7.18. The van der Waals surface area contributed by atoms with Crippen LogP contribution in [0, 0.1) is 0 Å². The molecule has 0 bridgehead atoms. The molecule has 7 heteroatoms. The highest BCUT2D eigenvalue weighted by atomic mass is 35.5. The fraction of sp³-hybridized carbons (Fsp3) is 0.364. The summed E-state index contributed by atoms with van der Waals surface area (Å²) in [6, 6.07) is 12.9. The first-order chi connectivity index (χ1) is 13.8. The molecule has 1 unspecified atom stereocenters. The molecule has 29 heavy (non-hydrogen) atoms. The highest BCUT2D eigenvalue weighted by Crippen LogP contribution is 2.27. The molecule has 2 aromatic rings. The van der Waals surface area contributed by atoms with E-state index in [0.717, 1.165) is 17.0 Å². The van der Waals surface area contributed by atoms with Crippen molar-refractivity contribution in [3.8, 4) is 5.75 Å². The lowest BCUT2D eigenvalue weighted by Crippen LogP contribution is -3.11. The number of quaternary nitrogens is 1. The number of hydrogen-bond donors (Lipinski definition) is 3. The number of benzene rings is 2. The van der Waals surface area contributed by atoms with E-state index in [2.05, 4.69) is 24.5 Å². The maximum Gasteiger partial charge on any atom is 0.279 e. The molecule has 0 radical (unpaired) electrons. The summed E-state index contributed by atoms with van der Waals surface area (Å²) in [5.74, 6) is 0.645. The van der Waals surface area contributed by atoms with E-state index in [1.165, 1.54) is 12.7 Å². The fourth-order valence-corrected chi connectivity index (χ4v) is 3.09. The third-order valence-corrected chi connectivity index (χ3v) is 4.97. The Morgan fingerprint density at radius 2 is 1.69 bits per heavy atom. The summed E-state index contributed by atoms with van der Waals surface area (Å²) in [4.78, 5) is 25.4. The van der Waals surface area contributed by atoms with Crippen LogP contribution in [0.25, 0.3) is 0 Å². The van der Waals surface area contributed by atoms with Gasteiger partial charge in [-0.05, 0) is 48.2 Å². The van der Waals surface area contributed by atoms with Gasteiger partial charge in [0.1, 0.15) is 5.75 Å². The van der Waals surface area contributed by atoms with Gasteiger partial charge < -0.3 is 20.3 Å². The molecule has 3 N–H and O–H groups in total. The monoisotopic (exact) mass is 418 g/mol. The molecule has 2 rings (SSSR count). The molecule has 2 aromatic carbocycles. The second kappa shape index (κ2) is 10.8. The van der Waals surface area contributed by atoms with Crippen LogP contribution in [0.5, 0.6) is 5.75 Å². The first-order valence-electron chi connectivity index (χ1n) is 9.66. The molecule has 0 aliphatic carbocycles. The van der Waals surface area contributed by atoms with E-state index in [1.54, 1.807) is 25.2 Å². The minimum Gasteiger partial charge on any atom is -0.495 e. The minimum atomic E-state index is -0.228. The average Bonchev–Trinajstić information content (AvgIpc) is 2.67. The van der Waals surface area contributed by atoms with Crippen molar-refractivity contribution < 1.29 is 19.2 Å². The number of methoxy groups -OCH3 is 1. The number of ether oxygens (including phenoxy) is 1. The lowest BCUT2D eigenvalue weighted by molar-refractivity contribution is -0.862. The molecular formula is C22H29ClN3O3+. The molecule has 0 aliphatic rings. The molecule has 0 saturated heterocycles. The van der Waals surface area contributed by atoms with Gasteiger partial charge in [-0.15, -0.1) is 0 Å². The fourth-order valence-electron chi connectivity index (χ4n) is 2.92. The lowest BCUT2D eigenvalue weighted by atomic mass is 9.99. The van der Waals surface area contributed by atoms with Gasteiger partial charge in [0.15, 0.2) is 13.1 Å². The standard InChI is InChI=1S/C22H28ClN3O3/c1-5-15(2)16-6-9-18(10-7-16)24-21(27)13-26(3)14-22(28)25-19-12-17(23)8-11-20(19)29-4/h6-12,15H,5,13-14H2,1-4H3,(H,24,27)(H,25,28)/p+1/t15-/m1/s1. The number of rotatable bonds is 9. The Kier molecular flexibility index (Phi) is 8.49. The quantitative estimate of drug-likeness (QED) is 0.586. The van der Waals surface area contributed by atoms with Gasteiger partial charge in [-0.2, -0.15) is 0 Å². The molecule has 156 valence electrons. The molecular weight excluding hydrogens is 390 g/mol. The Morgan fingerprint density at radius 3 is 2.28 bits per heavy atom. The molecule has 2 amide bonds. The number of nitrogens with one attached hydrogen (secondary N) is 3. The van der Waals surface area contributed by atoms with Gasteiger partial charge >= 0.3 is 0 Å². The first kappa shape index (κ1) is 22.7. The lowest BCUT2D eigenvalue weighted by Gasteiger charge is -2.15. The van der Waals surface area contributed by atoms with Gasteiger partial charge in [-0.1, -0.05) is 37.6 Å². The third kappa shape index (κ3) is 7.07. The maximum absolute atomic E-state index is 12.3. The van der Waals surface area contributed by atoms with Crippen molar-refractivity contribution in [2.45, 2.75) is 26.2 Å². The summed E-state index contributed by atoms with van der Waals surface area (Å²) in [5, 5.41) is 6.15. The number of likely N-dealkylation sites (N-methyl/N-ethyl adjacent to an activating group) is 1. The second-order valence-corrected chi connectivity index (χ2v) is 7.62. The Balaban J connectivity index is 1.85. The first-order valence-corrected chi connectivity index (χ1v) is 10.0. The van der Waals surface area contributed by atoms with Crippen molar-refractivity contribution in [2.24, 2.45) is 0 Å². The molecule has 0 heterocycles. The smallest absolute Gasteiger partial charge is 0.279 e. The predicted molar refractivity (Wildman–Crippen MR) is 117 cm³/mol. The van der Waals surface area contributed by atoms with Crippen LogP contribution in [0.15, 0.2) is 42.5 Å².